The molecule has 1 amide bonds. The number of carbonyl (C=O) groups excluding carboxylic acids is 2. The van der Waals surface area contributed by atoms with E-state index >= 15 is 0 Å². The monoisotopic (exact) mass is 275 g/mol. The molecule has 0 saturated heterocycles. The van der Waals surface area contributed by atoms with Gasteiger partial charge in [-0.25, -0.2) is 0 Å². The van der Waals surface area contributed by atoms with Crippen LogP contribution in [0.4, 0.5) is 0 Å². The van der Waals surface area contributed by atoms with Crippen LogP contribution in [0, 0.1) is 0 Å². The van der Waals surface area contributed by atoms with Crippen LogP contribution in [0.15, 0.2) is 24.3 Å². The number of rotatable bonds is 4. The maximum atomic E-state index is 12.2. The first kappa shape index (κ1) is 14.6. The number of ether oxygens (including phenoxy) is 1. The fourth-order valence-electron chi connectivity index (χ4n) is 2.51. The summed E-state index contributed by atoms with van der Waals surface area (Å²) in [6, 6.07) is 8.25. The lowest BCUT2D eigenvalue weighted by molar-refractivity contribution is -0.145. The predicted octanol–water partition coefficient (Wildman–Crippen LogP) is 2.30. The van der Waals surface area contributed by atoms with E-state index in [1.54, 1.807) is 6.92 Å². The first-order valence-electron chi connectivity index (χ1n) is 7.21. The topological polar surface area (TPSA) is 46.6 Å². The highest BCUT2D eigenvalue weighted by molar-refractivity contribution is 5.81. The molecule has 1 aromatic rings. The molecule has 1 aromatic carbocycles. The van der Waals surface area contributed by atoms with Crippen LogP contribution in [0.5, 0.6) is 0 Å². The lowest BCUT2D eigenvalue weighted by Crippen LogP contribution is -2.31. The summed E-state index contributed by atoms with van der Waals surface area (Å²) in [7, 11) is 0. The van der Waals surface area contributed by atoms with Crippen molar-refractivity contribution in [2.45, 2.75) is 39.2 Å². The highest BCUT2D eigenvalue weighted by Crippen LogP contribution is 2.19. The van der Waals surface area contributed by atoms with Gasteiger partial charge in [-0.15, -0.1) is 0 Å². The molecular weight excluding hydrogens is 254 g/mol. The predicted molar refractivity (Wildman–Crippen MR) is 76.0 cm³/mol. The van der Waals surface area contributed by atoms with Gasteiger partial charge in [-0.05, 0) is 30.9 Å². The van der Waals surface area contributed by atoms with Gasteiger partial charge in [0.25, 0.3) is 0 Å². The van der Waals surface area contributed by atoms with Crippen molar-refractivity contribution in [1.82, 2.24) is 4.90 Å². The SMILES string of the molecule is CCOC(=O)CCC(=O)N1CCCc2ccccc2C1. The minimum Gasteiger partial charge on any atom is -0.466 e. The molecule has 0 spiro atoms. The lowest BCUT2D eigenvalue weighted by atomic mass is 10.0. The summed E-state index contributed by atoms with van der Waals surface area (Å²) < 4.78 is 4.85. The molecule has 0 saturated carbocycles. The number of benzene rings is 1. The standard InChI is InChI=1S/C16H21NO3/c1-2-20-16(19)10-9-15(18)17-11-5-8-13-6-3-4-7-14(13)12-17/h3-4,6-7H,2,5,8-12H2,1H3. The summed E-state index contributed by atoms with van der Waals surface area (Å²) in [6.07, 6.45) is 2.39. The molecule has 0 N–H and O–H groups in total. The third kappa shape index (κ3) is 3.83. The smallest absolute Gasteiger partial charge is 0.306 e. The first-order valence-corrected chi connectivity index (χ1v) is 7.21. The Hall–Kier alpha value is -1.84. The lowest BCUT2D eigenvalue weighted by Gasteiger charge is -2.20. The average molecular weight is 275 g/mol. The summed E-state index contributed by atoms with van der Waals surface area (Å²) in [5.74, 6) is -0.258. The molecule has 0 unspecified atom stereocenters. The van der Waals surface area contributed by atoms with E-state index in [9.17, 15) is 9.59 Å². The number of aryl methyl sites for hydroxylation is 1. The summed E-state index contributed by atoms with van der Waals surface area (Å²) in [5, 5.41) is 0. The third-order valence-corrected chi connectivity index (χ3v) is 3.55. The Morgan fingerprint density at radius 1 is 1.20 bits per heavy atom. The van der Waals surface area contributed by atoms with Crippen LogP contribution >= 0.6 is 0 Å². The molecule has 4 heteroatoms. The van der Waals surface area contributed by atoms with Crippen molar-refractivity contribution in [3.05, 3.63) is 35.4 Å². The largest absolute Gasteiger partial charge is 0.466 e. The molecule has 108 valence electrons. The van der Waals surface area contributed by atoms with Crippen LogP contribution in [0.2, 0.25) is 0 Å². The fraction of sp³-hybridized carbons (Fsp3) is 0.500. The Balaban J connectivity index is 1.92. The van der Waals surface area contributed by atoms with Crippen molar-refractivity contribution in [2.24, 2.45) is 0 Å². The molecule has 0 atom stereocenters. The Bertz CT molecular complexity index is 484. The molecule has 0 aliphatic carbocycles. The fourth-order valence-corrected chi connectivity index (χ4v) is 2.51. The summed E-state index contributed by atoms with van der Waals surface area (Å²) in [5.41, 5.74) is 2.54. The van der Waals surface area contributed by atoms with E-state index in [1.165, 1.54) is 11.1 Å². The Morgan fingerprint density at radius 2 is 1.95 bits per heavy atom. The van der Waals surface area contributed by atoms with E-state index in [-0.39, 0.29) is 24.7 Å². The molecule has 20 heavy (non-hydrogen) atoms. The summed E-state index contributed by atoms with van der Waals surface area (Å²) >= 11 is 0. The molecule has 0 fully saturated rings. The zero-order valence-corrected chi connectivity index (χ0v) is 11.9. The zero-order chi connectivity index (χ0) is 14.4. The molecule has 0 aromatic heterocycles. The second kappa shape index (κ2) is 7.08. The number of esters is 1. The van der Waals surface area contributed by atoms with Gasteiger partial charge < -0.3 is 9.64 Å². The molecule has 0 radical (unpaired) electrons. The molecule has 2 rings (SSSR count). The molecule has 1 aliphatic rings. The number of fused-ring (bicyclic) bond motifs is 1. The molecular formula is C16H21NO3. The van der Waals surface area contributed by atoms with E-state index in [0.29, 0.717) is 13.2 Å². The van der Waals surface area contributed by atoms with Crippen LogP contribution < -0.4 is 0 Å². The van der Waals surface area contributed by atoms with E-state index in [0.717, 1.165) is 19.4 Å². The third-order valence-electron chi connectivity index (χ3n) is 3.55. The minimum atomic E-state index is -0.295. The van der Waals surface area contributed by atoms with Crippen molar-refractivity contribution in [3.8, 4) is 0 Å². The second-order valence-electron chi connectivity index (χ2n) is 4.99. The van der Waals surface area contributed by atoms with Gasteiger partial charge in [0.2, 0.25) is 5.91 Å². The molecule has 1 heterocycles. The van der Waals surface area contributed by atoms with Gasteiger partial charge in [0.1, 0.15) is 0 Å². The Morgan fingerprint density at radius 3 is 2.70 bits per heavy atom. The number of hydrogen-bond donors (Lipinski definition) is 0. The number of nitrogens with zero attached hydrogens (tertiary/aromatic N) is 1. The van der Waals surface area contributed by atoms with Gasteiger partial charge in [0.15, 0.2) is 0 Å². The summed E-state index contributed by atoms with van der Waals surface area (Å²) in [4.78, 5) is 25.3. The van der Waals surface area contributed by atoms with Gasteiger partial charge in [0.05, 0.1) is 13.0 Å². The highest BCUT2D eigenvalue weighted by Gasteiger charge is 2.19. The van der Waals surface area contributed by atoms with Crippen molar-refractivity contribution in [1.29, 1.82) is 0 Å². The molecule has 0 bridgehead atoms. The number of carbonyl (C=O) groups is 2. The number of amides is 1. The number of hydrogen-bond acceptors (Lipinski definition) is 3. The van der Waals surface area contributed by atoms with E-state index in [4.69, 9.17) is 4.74 Å². The van der Waals surface area contributed by atoms with Gasteiger partial charge in [-0.3, -0.25) is 9.59 Å². The van der Waals surface area contributed by atoms with E-state index in [2.05, 4.69) is 12.1 Å². The summed E-state index contributed by atoms with van der Waals surface area (Å²) in [6.45, 7) is 3.55. The van der Waals surface area contributed by atoms with Crippen LogP contribution in [-0.4, -0.2) is 29.9 Å². The molecule has 4 nitrogen and oxygen atoms in total. The van der Waals surface area contributed by atoms with E-state index in [1.807, 2.05) is 17.0 Å². The average Bonchev–Trinajstić information content (AvgIpc) is 2.67. The van der Waals surface area contributed by atoms with Crippen molar-refractivity contribution in [3.63, 3.8) is 0 Å². The van der Waals surface area contributed by atoms with E-state index < -0.39 is 0 Å². The van der Waals surface area contributed by atoms with Crippen LogP contribution in [0.1, 0.15) is 37.3 Å². The first-order chi connectivity index (χ1) is 9.70. The normalized spacial score (nSPS) is 14.3. The van der Waals surface area contributed by atoms with Crippen molar-refractivity contribution < 1.29 is 14.3 Å². The Kier molecular flexibility index (Phi) is 5.16. The molecule has 1 aliphatic heterocycles. The second-order valence-corrected chi connectivity index (χ2v) is 4.99. The maximum absolute atomic E-state index is 12.2. The highest BCUT2D eigenvalue weighted by atomic mass is 16.5. The van der Waals surface area contributed by atoms with Gasteiger partial charge in [-0.1, -0.05) is 24.3 Å². The van der Waals surface area contributed by atoms with Gasteiger partial charge in [0, 0.05) is 19.5 Å². The van der Waals surface area contributed by atoms with Gasteiger partial charge in [-0.2, -0.15) is 0 Å². The van der Waals surface area contributed by atoms with Crippen molar-refractivity contribution >= 4 is 11.9 Å². The van der Waals surface area contributed by atoms with Crippen LogP contribution in [0.3, 0.4) is 0 Å². The van der Waals surface area contributed by atoms with Crippen LogP contribution in [0.25, 0.3) is 0 Å². The van der Waals surface area contributed by atoms with Crippen LogP contribution in [-0.2, 0) is 27.3 Å². The zero-order valence-electron chi connectivity index (χ0n) is 11.9. The van der Waals surface area contributed by atoms with Crippen molar-refractivity contribution in [2.75, 3.05) is 13.2 Å². The quantitative estimate of drug-likeness (QED) is 0.792. The van der Waals surface area contributed by atoms with Gasteiger partial charge >= 0.3 is 5.97 Å². The minimum absolute atomic E-state index is 0.0368. The Labute approximate surface area is 119 Å². The maximum Gasteiger partial charge on any atom is 0.306 e.